The van der Waals surface area contributed by atoms with Gasteiger partial charge in [0.2, 0.25) is 15.9 Å². The number of nitrogens with one attached hydrogen (secondary N) is 1. The van der Waals surface area contributed by atoms with Gasteiger partial charge in [0.1, 0.15) is 29.0 Å². The summed E-state index contributed by atoms with van der Waals surface area (Å²) in [6.07, 6.45) is 0. The summed E-state index contributed by atoms with van der Waals surface area (Å²) in [4.78, 5) is -0.665. The summed E-state index contributed by atoms with van der Waals surface area (Å²) in [5.74, 6) is -1.94. The Kier molecular flexibility index (Phi) is 5.57. The summed E-state index contributed by atoms with van der Waals surface area (Å²) in [5.41, 5.74) is 1.02. The molecule has 1 N–H and O–H groups in total. The highest BCUT2D eigenvalue weighted by Gasteiger charge is 2.19. The molecule has 160 valence electrons. The minimum atomic E-state index is -4.18. The first-order valence-electron chi connectivity index (χ1n) is 8.89. The van der Waals surface area contributed by atoms with Gasteiger partial charge in [-0.3, -0.25) is 0 Å². The van der Waals surface area contributed by atoms with Crippen LogP contribution in [-0.2, 0) is 10.0 Å². The second-order valence-corrected chi connectivity index (χ2v) is 8.03. The molecule has 4 rings (SSSR count). The maximum atomic E-state index is 13.7. The van der Waals surface area contributed by atoms with Crippen molar-refractivity contribution in [3.63, 3.8) is 0 Å². The second kappa shape index (κ2) is 8.32. The molecule has 0 amide bonds. The summed E-state index contributed by atoms with van der Waals surface area (Å²) in [6, 6.07) is 10.9. The highest BCUT2D eigenvalue weighted by Crippen LogP contribution is 2.19. The normalized spacial score (nSPS) is 11.7. The number of rotatable bonds is 7. The zero-order chi connectivity index (χ0) is 22.0. The fourth-order valence-corrected chi connectivity index (χ4v) is 3.80. The van der Waals surface area contributed by atoms with Gasteiger partial charge in [-0.25, -0.2) is 26.3 Å². The topological polar surface area (TPSA) is 98.5 Å². The maximum absolute atomic E-state index is 13.7. The molecule has 12 heteroatoms. The molecule has 8 nitrogen and oxygen atoms in total. The lowest BCUT2D eigenvalue weighted by Crippen LogP contribution is -2.29. The maximum Gasteiger partial charge on any atom is 0.243 e. The highest BCUT2D eigenvalue weighted by molar-refractivity contribution is 7.89. The quantitative estimate of drug-likeness (QED) is 0.436. The van der Waals surface area contributed by atoms with Crippen LogP contribution in [0.3, 0.4) is 0 Å². The molecule has 0 bridgehead atoms. The number of sulfonamides is 1. The first kappa shape index (κ1) is 20.8. The minimum Gasteiger partial charge on any atom is -0.475 e. The van der Waals surface area contributed by atoms with E-state index in [0.29, 0.717) is 23.1 Å². The Bertz CT molecular complexity index is 1340. The van der Waals surface area contributed by atoms with Crippen LogP contribution in [0.1, 0.15) is 0 Å². The lowest BCUT2D eigenvalue weighted by molar-refractivity contribution is 0.306. The smallest absolute Gasteiger partial charge is 0.243 e. The monoisotopic (exact) mass is 449 g/mol. The van der Waals surface area contributed by atoms with Gasteiger partial charge >= 0.3 is 0 Å². The lowest BCUT2D eigenvalue weighted by atomic mass is 10.2. The van der Waals surface area contributed by atoms with Crippen molar-refractivity contribution in [2.75, 3.05) is 13.2 Å². The van der Waals surface area contributed by atoms with Crippen LogP contribution in [0.15, 0.2) is 59.5 Å². The molecule has 0 unspecified atom stereocenters. The van der Waals surface area contributed by atoms with Crippen LogP contribution in [0.2, 0.25) is 0 Å². The predicted molar refractivity (Wildman–Crippen MR) is 103 cm³/mol. The van der Waals surface area contributed by atoms with E-state index in [1.807, 2.05) is 0 Å². The third kappa shape index (κ3) is 4.49. The standard InChI is InChI=1S/C19H14F3N5O3S/c20-13-3-1-12(2-4-13)19-25-24-17-7-8-18(26-27(17)19)30-10-9-23-31(28,29)16-6-5-14(21)11-15(16)22/h1-8,11,23H,9-10H2. The van der Waals surface area contributed by atoms with Crippen molar-refractivity contribution in [3.8, 4) is 17.3 Å². The Hall–Kier alpha value is -3.51. The third-order valence-electron chi connectivity index (χ3n) is 4.17. The number of hydrogen-bond donors (Lipinski definition) is 1. The molecule has 2 aromatic carbocycles. The van der Waals surface area contributed by atoms with Gasteiger partial charge < -0.3 is 4.74 Å². The van der Waals surface area contributed by atoms with Crippen LogP contribution in [0.4, 0.5) is 13.2 Å². The Morgan fingerprint density at radius 1 is 0.935 bits per heavy atom. The van der Waals surface area contributed by atoms with Crippen molar-refractivity contribution in [1.29, 1.82) is 0 Å². The van der Waals surface area contributed by atoms with E-state index in [-0.39, 0.29) is 19.0 Å². The first-order valence-corrected chi connectivity index (χ1v) is 10.4. The van der Waals surface area contributed by atoms with Crippen LogP contribution in [0, 0.1) is 17.5 Å². The zero-order valence-electron chi connectivity index (χ0n) is 15.7. The van der Waals surface area contributed by atoms with E-state index >= 15 is 0 Å². The Labute approximate surface area is 174 Å². The molecule has 0 saturated carbocycles. The molecule has 2 heterocycles. The van der Waals surface area contributed by atoms with Crippen molar-refractivity contribution in [2.45, 2.75) is 4.90 Å². The zero-order valence-corrected chi connectivity index (χ0v) is 16.5. The summed E-state index contributed by atoms with van der Waals surface area (Å²) < 4.78 is 73.1. The van der Waals surface area contributed by atoms with Gasteiger partial charge in [-0.2, -0.15) is 4.52 Å². The van der Waals surface area contributed by atoms with E-state index in [9.17, 15) is 21.6 Å². The van der Waals surface area contributed by atoms with E-state index in [4.69, 9.17) is 4.74 Å². The lowest BCUT2D eigenvalue weighted by Gasteiger charge is -2.09. The van der Waals surface area contributed by atoms with Crippen LogP contribution in [0.5, 0.6) is 5.88 Å². The number of nitrogens with zero attached hydrogens (tertiary/aromatic N) is 4. The number of fused-ring (bicyclic) bond motifs is 1. The molecule has 0 aliphatic rings. The van der Waals surface area contributed by atoms with E-state index < -0.39 is 32.4 Å². The fraction of sp³-hybridized carbons (Fsp3) is 0.105. The van der Waals surface area contributed by atoms with E-state index in [0.717, 1.165) is 12.1 Å². The van der Waals surface area contributed by atoms with Gasteiger partial charge in [0, 0.05) is 24.2 Å². The van der Waals surface area contributed by atoms with E-state index in [1.54, 1.807) is 6.07 Å². The van der Waals surface area contributed by atoms with Gasteiger partial charge in [-0.15, -0.1) is 15.3 Å². The molecule has 2 aromatic heterocycles. The number of ether oxygens (including phenoxy) is 1. The van der Waals surface area contributed by atoms with Crippen molar-refractivity contribution >= 4 is 15.7 Å². The Morgan fingerprint density at radius 2 is 1.68 bits per heavy atom. The predicted octanol–water partition coefficient (Wildman–Crippen LogP) is 2.57. The molecular formula is C19H14F3N5O3S. The van der Waals surface area contributed by atoms with Crippen LogP contribution in [0.25, 0.3) is 17.0 Å². The molecule has 0 atom stereocenters. The molecule has 0 aliphatic heterocycles. The molecule has 4 aromatic rings. The summed E-state index contributed by atoms with van der Waals surface area (Å²) in [6.45, 7) is -0.305. The van der Waals surface area contributed by atoms with Crippen molar-refractivity contribution in [3.05, 3.63) is 72.0 Å². The van der Waals surface area contributed by atoms with Crippen LogP contribution < -0.4 is 9.46 Å². The average molecular weight is 449 g/mol. The second-order valence-electron chi connectivity index (χ2n) is 6.29. The SMILES string of the molecule is O=S(=O)(NCCOc1ccc2nnc(-c3ccc(F)cc3)n2n1)c1ccc(F)cc1F. The van der Waals surface area contributed by atoms with Crippen molar-refractivity contribution in [2.24, 2.45) is 0 Å². The first-order chi connectivity index (χ1) is 14.8. The number of benzene rings is 2. The van der Waals surface area contributed by atoms with Gasteiger partial charge in [0.25, 0.3) is 0 Å². The molecule has 0 fully saturated rings. The summed E-state index contributed by atoms with van der Waals surface area (Å²) in [5, 5.41) is 12.3. The third-order valence-corrected chi connectivity index (χ3v) is 5.66. The molecule has 0 spiro atoms. The highest BCUT2D eigenvalue weighted by atomic mass is 32.2. The summed E-state index contributed by atoms with van der Waals surface area (Å²) >= 11 is 0. The fourth-order valence-electron chi connectivity index (χ4n) is 2.73. The van der Waals surface area contributed by atoms with Gasteiger partial charge in [0.05, 0.1) is 0 Å². The molecule has 0 saturated heterocycles. The number of aromatic nitrogens is 4. The van der Waals surface area contributed by atoms with E-state index in [1.165, 1.54) is 34.8 Å². The van der Waals surface area contributed by atoms with Gasteiger partial charge in [0.15, 0.2) is 11.5 Å². The van der Waals surface area contributed by atoms with E-state index in [2.05, 4.69) is 20.0 Å². The number of hydrogen-bond acceptors (Lipinski definition) is 6. The summed E-state index contributed by atoms with van der Waals surface area (Å²) in [7, 11) is -4.18. The van der Waals surface area contributed by atoms with Gasteiger partial charge in [-0.1, -0.05) is 0 Å². The van der Waals surface area contributed by atoms with Gasteiger partial charge in [-0.05, 0) is 42.5 Å². The molecule has 0 aliphatic carbocycles. The largest absolute Gasteiger partial charge is 0.475 e. The van der Waals surface area contributed by atoms with Crippen molar-refractivity contribution < 1.29 is 26.3 Å². The minimum absolute atomic E-state index is 0.117. The number of halogens is 3. The molecule has 31 heavy (non-hydrogen) atoms. The Balaban J connectivity index is 1.43. The van der Waals surface area contributed by atoms with Crippen LogP contribution in [-0.4, -0.2) is 41.4 Å². The molecule has 0 radical (unpaired) electrons. The molecular weight excluding hydrogens is 435 g/mol. The Morgan fingerprint density at radius 3 is 2.42 bits per heavy atom. The average Bonchev–Trinajstić information content (AvgIpc) is 3.15. The van der Waals surface area contributed by atoms with Crippen molar-refractivity contribution in [1.82, 2.24) is 24.5 Å². The van der Waals surface area contributed by atoms with Crippen LogP contribution >= 0.6 is 0 Å².